The molecule has 1 aromatic rings. The van der Waals surface area contributed by atoms with Gasteiger partial charge in [-0.3, -0.25) is 0 Å². The zero-order chi connectivity index (χ0) is 17.2. The molecule has 1 aromatic heterocycles. The lowest BCUT2D eigenvalue weighted by molar-refractivity contribution is 0.0290. The Labute approximate surface area is 138 Å². The first-order valence-corrected chi connectivity index (χ1v) is 8.31. The number of rotatable bonds is 4. The largest absolute Gasteiger partial charge is 0.444 e. The Morgan fingerprint density at radius 3 is 2.74 bits per heavy atom. The van der Waals surface area contributed by atoms with Crippen LogP contribution in [0.5, 0.6) is 0 Å². The molecule has 2 heterocycles. The van der Waals surface area contributed by atoms with Crippen molar-refractivity contribution < 1.29 is 14.1 Å². The van der Waals surface area contributed by atoms with Crippen molar-refractivity contribution in [3.8, 4) is 0 Å². The molecule has 0 radical (unpaired) electrons. The highest BCUT2D eigenvalue weighted by molar-refractivity contribution is 5.68. The van der Waals surface area contributed by atoms with E-state index in [-0.39, 0.29) is 6.09 Å². The summed E-state index contributed by atoms with van der Waals surface area (Å²) in [5, 5.41) is 7.60. The van der Waals surface area contributed by atoms with Crippen molar-refractivity contribution >= 4 is 6.09 Å². The van der Waals surface area contributed by atoms with Crippen molar-refractivity contribution in [2.45, 2.75) is 72.1 Å². The molecule has 1 N–H and O–H groups in total. The summed E-state index contributed by atoms with van der Waals surface area (Å²) in [5.41, 5.74) is 1.68. The Hall–Kier alpha value is -1.56. The standard InChI is InChI=1S/C17H29N3O3/c1-11(9-15-12(2)19-23-13(15)3)18-14-7-8-20(10-14)16(21)22-17(4,5)6/h11,14,18H,7-10H2,1-6H3. The summed E-state index contributed by atoms with van der Waals surface area (Å²) in [4.78, 5) is 13.9. The van der Waals surface area contributed by atoms with Gasteiger partial charge in [0.25, 0.3) is 0 Å². The van der Waals surface area contributed by atoms with Crippen LogP contribution in [0, 0.1) is 13.8 Å². The van der Waals surface area contributed by atoms with E-state index in [0.29, 0.717) is 18.6 Å². The van der Waals surface area contributed by atoms with E-state index < -0.39 is 5.60 Å². The molecule has 0 saturated carbocycles. The summed E-state index contributed by atoms with van der Waals surface area (Å²) in [7, 11) is 0. The first-order chi connectivity index (χ1) is 10.7. The molecule has 130 valence electrons. The van der Waals surface area contributed by atoms with Crippen molar-refractivity contribution in [2.24, 2.45) is 0 Å². The van der Waals surface area contributed by atoms with Crippen LogP contribution in [-0.2, 0) is 11.2 Å². The molecule has 2 rings (SSSR count). The van der Waals surface area contributed by atoms with Gasteiger partial charge in [0, 0.05) is 30.7 Å². The third-order valence-corrected chi connectivity index (χ3v) is 4.05. The van der Waals surface area contributed by atoms with Crippen molar-refractivity contribution in [1.82, 2.24) is 15.4 Å². The molecule has 1 saturated heterocycles. The van der Waals surface area contributed by atoms with Crippen LogP contribution < -0.4 is 5.32 Å². The molecule has 6 nitrogen and oxygen atoms in total. The highest BCUT2D eigenvalue weighted by Crippen LogP contribution is 2.18. The third kappa shape index (κ3) is 4.96. The Bertz CT molecular complexity index is 528. The van der Waals surface area contributed by atoms with Crippen molar-refractivity contribution in [2.75, 3.05) is 13.1 Å². The van der Waals surface area contributed by atoms with Crippen molar-refractivity contribution in [3.05, 3.63) is 17.0 Å². The summed E-state index contributed by atoms with van der Waals surface area (Å²) in [6.07, 6.45) is 1.61. The highest BCUT2D eigenvalue weighted by atomic mass is 16.6. The van der Waals surface area contributed by atoms with E-state index in [1.807, 2.05) is 34.6 Å². The van der Waals surface area contributed by atoms with E-state index in [9.17, 15) is 4.79 Å². The van der Waals surface area contributed by atoms with Gasteiger partial charge in [0.1, 0.15) is 11.4 Å². The molecule has 1 amide bonds. The number of ether oxygens (including phenoxy) is 1. The molecule has 2 unspecified atom stereocenters. The Kier molecular flexibility index (Phi) is 5.34. The molecule has 23 heavy (non-hydrogen) atoms. The van der Waals surface area contributed by atoms with Gasteiger partial charge in [0.05, 0.1) is 5.69 Å². The van der Waals surface area contributed by atoms with Gasteiger partial charge >= 0.3 is 6.09 Å². The molecule has 1 aliphatic heterocycles. The molecule has 6 heteroatoms. The average Bonchev–Trinajstić information content (AvgIpc) is 2.99. The predicted octanol–water partition coefficient (Wildman–Crippen LogP) is 2.82. The monoisotopic (exact) mass is 323 g/mol. The van der Waals surface area contributed by atoms with Crippen LogP contribution in [0.3, 0.4) is 0 Å². The van der Waals surface area contributed by atoms with Crippen LogP contribution >= 0.6 is 0 Å². The third-order valence-electron chi connectivity index (χ3n) is 4.05. The number of likely N-dealkylation sites (tertiary alicyclic amines) is 1. The Morgan fingerprint density at radius 2 is 2.17 bits per heavy atom. The number of hydrogen-bond acceptors (Lipinski definition) is 5. The maximum absolute atomic E-state index is 12.1. The van der Waals surface area contributed by atoms with E-state index in [1.54, 1.807) is 4.90 Å². The molecule has 0 aromatic carbocycles. The summed E-state index contributed by atoms with van der Waals surface area (Å²) >= 11 is 0. The molecule has 1 fully saturated rings. The molecular weight excluding hydrogens is 294 g/mol. The lowest BCUT2D eigenvalue weighted by Gasteiger charge is -2.25. The fourth-order valence-electron chi connectivity index (χ4n) is 2.95. The first kappa shape index (κ1) is 17.8. The SMILES string of the molecule is Cc1noc(C)c1CC(C)NC1CCN(C(=O)OC(C)(C)C)C1. The van der Waals surface area contributed by atoms with E-state index in [0.717, 1.165) is 30.8 Å². The summed E-state index contributed by atoms with van der Waals surface area (Å²) in [5.74, 6) is 0.887. The normalized spacial score (nSPS) is 19.9. The molecule has 2 atom stereocenters. The summed E-state index contributed by atoms with van der Waals surface area (Å²) in [6.45, 7) is 13.2. The van der Waals surface area contributed by atoms with Crippen LogP contribution in [0.25, 0.3) is 0 Å². The van der Waals surface area contributed by atoms with Gasteiger partial charge in [-0.05, 0) is 54.4 Å². The summed E-state index contributed by atoms with van der Waals surface area (Å²) < 4.78 is 10.6. The zero-order valence-electron chi connectivity index (χ0n) is 15.1. The smallest absolute Gasteiger partial charge is 0.410 e. The van der Waals surface area contributed by atoms with Gasteiger partial charge in [-0.15, -0.1) is 0 Å². The van der Waals surface area contributed by atoms with Crippen LogP contribution in [-0.4, -0.2) is 46.9 Å². The van der Waals surface area contributed by atoms with Gasteiger partial charge < -0.3 is 19.5 Å². The van der Waals surface area contributed by atoms with Crippen molar-refractivity contribution in [3.63, 3.8) is 0 Å². The number of nitrogens with one attached hydrogen (secondary N) is 1. The number of hydrogen-bond donors (Lipinski definition) is 1. The van der Waals surface area contributed by atoms with Crippen LogP contribution in [0.1, 0.15) is 51.1 Å². The number of carbonyl (C=O) groups excluding carboxylic acids is 1. The maximum Gasteiger partial charge on any atom is 0.410 e. The number of carbonyl (C=O) groups is 1. The fraction of sp³-hybridized carbons (Fsp3) is 0.765. The van der Waals surface area contributed by atoms with Gasteiger partial charge in [-0.25, -0.2) is 4.79 Å². The van der Waals surface area contributed by atoms with E-state index in [1.165, 1.54) is 5.56 Å². The van der Waals surface area contributed by atoms with E-state index in [2.05, 4.69) is 17.4 Å². The molecule has 0 spiro atoms. The average molecular weight is 323 g/mol. The van der Waals surface area contributed by atoms with Crippen molar-refractivity contribution in [1.29, 1.82) is 0 Å². The predicted molar refractivity (Wildman–Crippen MR) is 88.5 cm³/mol. The van der Waals surface area contributed by atoms with Gasteiger partial charge in [0.15, 0.2) is 0 Å². The number of aromatic nitrogens is 1. The fourth-order valence-corrected chi connectivity index (χ4v) is 2.95. The second-order valence-corrected chi connectivity index (χ2v) is 7.49. The van der Waals surface area contributed by atoms with Crippen LogP contribution in [0.4, 0.5) is 4.79 Å². The Morgan fingerprint density at radius 1 is 1.48 bits per heavy atom. The van der Waals surface area contributed by atoms with Crippen LogP contribution in [0.2, 0.25) is 0 Å². The molecular formula is C17H29N3O3. The van der Waals surface area contributed by atoms with E-state index >= 15 is 0 Å². The lowest BCUT2D eigenvalue weighted by Crippen LogP contribution is -2.41. The minimum Gasteiger partial charge on any atom is -0.444 e. The number of aryl methyl sites for hydroxylation is 2. The number of amides is 1. The molecule has 1 aliphatic rings. The number of nitrogens with zero attached hydrogens (tertiary/aromatic N) is 2. The summed E-state index contributed by atoms with van der Waals surface area (Å²) in [6, 6.07) is 0.605. The maximum atomic E-state index is 12.1. The quantitative estimate of drug-likeness (QED) is 0.923. The molecule has 0 aliphatic carbocycles. The minimum absolute atomic E-state index is 0.222. The highest BCUT2D eigenvalue weighted by Gasteiger charge is 2.30. The first-order valence-electron chi connectivity index (χ1n) is 8.31. The van der Waals surface area contributed by atoms with Gasteiger partial charge in [-0.1, -0.05) is 5.16 Å². The second kappa shape index (κ2) is 6.91. The minimum atomic E-state index is -0.445. The lowest BCUT2D eigenvalue weighted by atomic mass is 10.0. The van der Waals surface area contributed by atoms with E-state index in [4.69, 9.17) is 9.26 Å². The molecule has 0 bridgehead atoms. The van der Waals surface area contributed by atoms with Gasteiger partial charge in [-0.2, -0.15) is 0 Å². The second-order valence-electron chi connectivity index (χ2n) is 7.49. The topological polar surface area (TPSA) is 67.6 Å². The Balaban J connectivity index is 1.82. The zero-order valence-corrected chi connectivity index (χ0v) is 15.1. The van der Waals surface area contributed by atoms with Crippen LogP contribution in [0.15, 0.2) is 4.52 Å². The van der Waals surface area contributed by atoms with Gasteiger partial charge in [0.2, 0.25) is 0 Å².